The van der Waals surface area contributed by atoms with Crippen molar-refractivity contribution in [1.82, 2.24) is 0 Å². The number of hydrogen-bond donors (Lipinski definition) is 2. The van der Waals surface area contributed by atoms with Crippen LogP contribution in [0.2, 0.25) is 5.02 Å². The van der Waals surface area contributed by atoms with Gasteiger partial charge in [-0.05, 0) is 52.3 Å². The van der Waals surface area contributed by atoms with Crippen LogP contribution in [0.4, 0.5) is 11.4 Å². The molecule has 2 rings (SSSR count). The molecule has 0 fully saturated rings. The molecule has 1 amide bonds. The highest BCUT2D eigenvalue weighted by Gasteiger charge is 2.11. The molecule has 0 saturated heterocycles. The lowest BCUT2D eigenvalue weighted by atomic mass is 10.2. The number of nitrogens with two attached hydrogens (primary N) is 1. The zero-order chi connectivity index (χ0) is 14.0. The lowest BCUT2D eigenvalue weighted by Crippen LogP contribution is -2.13. The normalized spacial score (nSPS) is 10.3. The number of rotatable bonds is 2. The Labute approximate surface area is 132 Å². The average molecular weight is 404 g/mol. The molecule has 2 aromatic rings. The topological polar surface area (TPSA) is 55.1 Å². The molecule has 0 radical (unpaired) electrons. The number of carbonyl (C=O) groups excluding carboxylic acids is 1. The molecule has 3 N–H and O–H groups in total. The number of hydrogen-bond acceptors (Lipinski definition) is 2. The molecule has 0 aromatic heterocycles. The SMILES string of the molecule is Nc1cc(Br)cc(Br)c1NC(=O)c1ccc(Cl)cc1. The molecule has 98 valence electrons. The van der Waals surface area contributed by atoms with Gasteiger partial charge in [0.25, 0.3) is 5.91 Å². The van der Waals surface area contributed by atoms with Gasteiger partial charge in [0.2, 0.25) is 0 Å². The predicted molar refractivity (Wildman–Crippen MR) is 85.7 cm³/mol. The summed E-state index contributed by atoms with van der Waals surface area (Å²) in [6, 6.07) is 10.2. The van der Waals surface area contributed by atoms with Crippen molar-refractivity contribution in [1.29, 1.82) is 0 Å². The van der Waals surface area contributed by atoms with Gasteiger partial charge in [-0.25, -0.2) is 0 Å². The molecule has 0 aliphatic carbocycles. The van der Waals surface area contributed by atoms with Gasteiger partial charge in [0.1, 0.15) is 0 Å². The second kappa shape index (κ2) is 5.94. The van der Waals surface area contributed by atoms with E-state index < -0.39 is 0 Å². The Bertz CT molecular complexity index is 606. The molecule has 0 unspecified atom stereocenters. The van der Waals surface area contributed by atoms with Gasteiger partial charge in [0.15, 0.2) is 0 Å². The second-order valence-corrected chi connectivity index (χ2v) is 6.02. The van der Waals surface area contributed by atoms with Crippen molar-refractivity contribution in [2.24, 2.45) is 0 Å². The Morgan fingerprint density at radius 2 is 1.79 bits per heavy atom. The van der Waals surface area contributed by atoms with Gasteiger partial charge >= 0.3 is 0 Å². The van der Waals surface area contributed by atoms with Crippen LogP contribution in [0.15, 0.2) is 45.3 Å². The Kier molecular flexibility index (Phi) is 4.50. The van der Waals surface area contributed by atoms with Crippen molar-refractivity contribution in [2.75, 3.05) is 11.1 Å². The third-order valence-corrected chi connectivity index (χ3v) is 3.77. The fourth-order valence-corrected chi connectivity index (χ4v) is 3.00. The summed E-state index contributed by atoms with van der Waals surface area (Å²) >= 11 is 12.5. The maximum Gasteiger partial charge on any atom is 0.255 e. The molecule has 0 spiro atoms. The Morgan fingerprint density at radius 1 is 1.16 bits per heavy atom. The van der Waals surface area contributed by atoms with Gasteiger partial charge in [-0.2, -0.15) is 0 Å². The third kappa shape index (κ3) is 3.49. The van der Waals surface area contributed by atoms with E-state index in [9.17, 15) is 4.79 Å². The highest BCUT2D eigenvalue weighted by atomic mass is 79.9. The van der Waals surface area contributed by atoms with Crippen LogP contribution >= 0.6 is 43.5 Å². The van der Waals surface area contributed by atoms with Crippen LogP contribution in [0, 0.1) is 0 Å². The Morgan fingerprint density at radius 3 is 2.37 bits per heavy atom. The van der Waals surface area contributed by atoms with E-state index in [1.807, 2.05) is 6.07 Å². The molecular formula is C13H9Br2ClN2O. The summed E-state index contributed by atoms with van der Waals surface area (Å²) in [5.41, 5.74) is 7.41. The number of benzene rings is 2. The number of nitrogens with one attached hydrogen (secondary N) is 1. The van der Waals surface area contributed by atoms with E-state index in [4.69, 9.17) is 17.3 Å². The molecule has 0 atom stereocenters. The number of nitrogen functional groups attached to an aromatic ring is 1. The molecule has 0 aliphatic rings. The van der Waals surface area contributed by atoms with Crippen LogP contribution in [0.3, 0.4) is 0 Å². The monoisotopic (exact) mass is 402 g/mol. The third-order valence-electron chi connectivity index (χ3n) is 2.43. The zero-order valence-corrected chi connectivity index (χ0v) is 13.5. The van der Waals surface area contributed by atoms with E-state index in [0.29, 0.717) is 26.4 Å². The molecule has 0 saturated carbocycles. The minimum absolute atomic E-state index is 0.244. The zero-order valence-electron chi connectivity index (χ0n) is 9.58. The molecular weight excluding hydrogens is 395 g/mol. The van der Waals surface area contributed by atoms with Crippen LogP contribution in [0.5, 0.6) is 0 Å². The van der Waals surface area contributed by atoms with Gasteiger partial charge in [0.05, 0.1) is 11.4 Å². The second-order valence-electron chi connectivity index (χ2n) is 3.81. The number of anilines is 2. The van der Waals surface area contributed by atoms with Crippen LogP contribution in [-0.4, -0.2) is 5.91 Å². The molecule has 3 nitrogen and oxygen atoms in total. The van der Waals surface area contributed by atoms with E-state index in [-0.39, 0.29) is 5.91 Å². The van der Waals surface area contributed by atoms with Crippen molar-refractivity contribution >= 4 is 60.7 Å². The van der Waals surface area contributed by atoms with E-state index in [0.717, 1.165) is 4.47 Å². The van der Waals surface area contributed by atoms with Crippen LogP contribution < -0.4 is 11.1 Å². The summed E-state index contributed by atoms with van der Waals surface area (Å²) < 4.78 is 1.54. The smallest absolute Gasteiger partial charge is 0.255 e. The summed E-state index contributed by atoms with van der Waals surface area (Å²) in [5.74, 6) is -0.244. The van der Waals surface area contributed by atoms with Gasteiger partial charge in [0, 0.05) is 19.5 Å². The largest absolute Gasteiger partial charge is 0.397 e. The van der Waals surface area contributed by atoms with Crippen molar-refractivity contribution in [3.63, 3.8) is 0 Å². The molecule has 0 aliphatic heterocycles. The summed E-state index contributed by atoms with van der Waals surface area (Å²) in [4.78, 5) is 12.1. The highest BCUT2D eigenvalue weighted by Crippen LogP contribution is 2.32. The van der Waals surface area contributed by atoms with Crippen molar-refractivity contribution in [3.05, 3.63) is 55.9 Å². The fourth-order valence-electron chi connectivity index (χ4n) is 1.51. The van der Waals surface area contributed by atoms with Crippen molar-refractivity contribution in [3.8, 4) is 0 Å². The van der Waals surface area contributed by atoms with E-state index in [1.54, 1.807) is 30.3 Å². The predicted octanol–water partition coefficient (Wildman–Crippen LogP) is 4.70. The maximum absolute atomic E-state index is 12.1. The molecule has 0 bridgehead atoms. The number of halogens is 3. The Hall–Kier alpha value is -1.04. The minimum Gasteiger partial charge on any atom is -0.397 e. The summed E-state index contributed by atoms with van der Waals surface area (Å²) in [7, 11) is 0. The first kappa shape index (κ1) is 14.4. The van der Waals surface area contributed by atoms with Gasteiger partial charge in [-0.15, -0.1) is 0 Å². The fraction of sp³-hybridized carbons (Fsp3) is 0. The van der Waals surface area contributed by atoms with Crippen molar-refractivity contribution < 1.29 is 4.79 Å². The highest BCUT2D eigenvalue weighted by molar-refractivity contribution is 9.11. The Balaban J connectivity index is 2.26. The summed E-state index contributed by atoms with van der Waals surface area (Å²) in [6.07, 6.45) is 0. The van der Waals surface area contributed by atoms with Crippen LogP contribution in [0.1, 0.15) is 10.4 Å². The first-order valence-electron chi connectivity index (χ1n) is 5.29. The van der Waals surface area contributed by atoms with Crippen LogP contribution in [-0.2, 0) is 0 Å². The standard InChI is InChI=1S/C13H9Br2ClN2O/c14-8-5-10(15)12(11(17)6-8)18-13(19)7-1-3-9(16)4-2-7/h1-6H,17H2,(H,18,19). The van der Waals surface area contributed by atoms with Gasteiger partial charge in [-0.3, -0.25) is 4.79 Å². The number of amides is 1. The van der Waals surface area contributed by atoms with Gasteiger partial charge in [-0.1, -0.05) is 27.5 Å². The summed E-state index contributed by atoms with van der Waals surface area (Å²) in [6.45, 7) is 0. The molecule has 0 heterocycles. The summed E-state index contributed by atoms with van der Waals surface area (Å²) in [5, 5.41) is 3.35. The minimum atomic E-state index is -0.244. The average Bonchev–Trinajstić information content (AvgIpc) is 2.34. The molecule has 19 heavy (non-hydrogen) atoms. The number of carbonyl (C=O) groups is 1. The maximum atomic E-state index is 12.1. The first-order chi connectivity index (χ1) is 8.97. The lowest BCUT2D eigenvalue weighted by molar-refractivity contribution is 0.102. The van der Waals surface area contributed by atoms with Crippen LogP contribution in [0.25, 0.3) is 0 Å². The van der Waals surface area contributed by atoms with Gasteiger partial charge < -0.3 is 11.1 Å². The van der Waals surface area contributed by atoms with Crippen molar-refractivity contribution in [2.45, 2.75) is 0 Å². The van der Waals surface area contributed by atoms with E-state index >= 15 is 0 Å². The first-order valence-corrected chi connectivity index (χ1v) is 7.25. The quantitative estimate of drug-likeness (QED) is 0.713. The lowest BCUT2D eigenvalue weighted by Gasteiger charge is -2.11. The van der Waals surface area contributed by atoms with E-state index in [2.05, 4.69) is 37.2 Å². The van der Waals surface area contributed by atoms with E-state index in [1.165, 1.54) is 0 Å². The molecule has 6 heteroatoms. The molecule has 2 aromatic carbocycles.